The number of amides is 1. The molecule has 1 amide bonds. The first-order chi connectivity index (χ1) is 9.00. The van der Waals surface area contributed by atoms with Gasteiger partial charge < -0.3 is 15.8 Å². The summed E-state index contributed by atoms with van der Waals surface area (Å²) in [7, 11) is 0. The summed E-state index contributed by atoms with van der Waals surface area (Å²) in [5, 5.41) is 3.34. The SMILES string of the molecule is CC(C)c1ccc(C(C)NCCOCC(N)=O)cc1. The van der Waals surface area contributed by atoms with Gasteiger partial charge in [0, 0.05) is 12.6 Å². The van der Waals surface area contributed by atoms with E-state index in [1.54, 1.807) is 0 Å². The van der Waals surface area contributed by atoms with E-state index in [9.17, 15) is 4.79 Å². The minimum atomic E-state index is -0.433. The highest BCUT2D eigenvalue weighted by atomic mass is 16.5. The Morgan fingerprint density at radius 1 is 1.21 bits per heavy atom. The molecule has 1 unspecified atom stereocenters. The number of hydrogen-bond acceptors (Lipinski definition) is 3. The molecule has 0 aliphatic rings. The molecule has 1 aromatic rings. The van der Waals surface area contributed by atoms with Crippen LogP contribution in [0.1, 0.15) is 43.9 Å². The second-order valence-corrected chi connectivity index (χ2v) is 5.02. The number of ether oxygens (including phenoxy) is 1. The van der Waals surface area contributed by atoms with Crippen LogP contribution < -0.4 is 11.1 Å². The zero-order valence-electron chi connectivity index (χ0n) is 12.0. The van der Waals surface area contributed by atoms with Crippen molar-refractivity contribution in [2.24, 2.45) is 5.73 Å². The van der Waals surface area contributed by atoms with Crippen LogP contribution in [-0.2, 0) is 9.53 Å². The summed E-state index contributed by atoms with van der Waals surface area (Å²) in [6.07, 6.45) is 0. The number of benzene rings is 1. The first kappa shape index (κ1) is 15.7. The Bertz CT molecular complexity index is 388. The molecule has 0 radical (unpaired) electrons. The molecule has 0 saturated heterocycles. The summed E-state index contributed by atoms with van der Waals surface area (Å²) in [6.45, 7) is 7.65. The molecule has 0 aliphatic heterocycles. The van der Waals surface area contributed by atoms with Gasteiger partial charge in [0.15, 0.2) is 0 Å². The van der Waals surface area contributed by atoms with Crippen LogP contribution in [0.25, 0.3) is 0 Å². The molecule has 0 aromatic heterocycles. The maximum Gasteiger partial charge on any atom is 0.243 e. The third kappa shape index (κ3) is 5.85. The average Bonchev–Trinajstić information content (AvgIpc) is 2.37. The topological polar surface area (TPSA) is 64.3 Å². The van der Waals surface area contributed by atoms with Gasteiger partial charge in [0.05, 0.1) is 6.61 Å². The molecule has 4 nitrogen and oxygen atoms in total. The highest BCUT2D eigenvalue weighted by molar-refractivity contribution is 5.74. The average molecular weight is 264 g/mol. The maximum absolute atomic E-state index is 10.5. The van der Waals surface area contributed by atoms with Gasteiger partial charge in [-0.05, 0) is 24.0 Å². The third-order valence-electron chi connectivity index (χ3n) is 3.04. The van der Waals surface area contributed by atoms with Crippen molar-refractivity contribution in [2.75, 3.05) is 19.8 Å². The van der Waals surface area contributed by atoms with E-state index in [4.69, 9.17) is 10.5 Å². The zero-order chi connectivity index (χ0) is 14.3. The van der Waals surface area contributed by atoms with Crippen LogP contribution in [0.2, 0.25) is 0 Å². The Morgan fingerprint density at radius 3 is 2.32 bits per heavy atom. The van der Waals surface area contributed by atoms with Crippen molar-refractivity contribution in [2.45, 2.75) is 32.7 Å². The van der Waals surface area contributed by atoms with Crippen LogP contribution >= 0.6 is 0 Å². The molecule has 0 aliphatic carbocycles. The molecule has 0 spiro atoms. The summed E-state index contributed by atoms with van der Waals surface area (Å²) < 4.78 is 5.09. The van der Waals surface area contributed by atoms with E-state index in [-0.39, 0.29) is 12.6 Å². The lowest BCUT2D eigenvalue weighted by atomic mass is 10.00. The molecule has 106 valence electrons. The molecule has 1 rings (SSSR count). The quantitative estimate of drug-likeness (QED) is 0.705. The van der Waals surface area contributed by atoms with Crippen LogP contribution in [0.3, 0.4) is 0 Å². The number of primary amides is 1. The molecular formula is C15H24N2O2. The minimum Gasteiger partial charge on any atom is -0.370 e. The molecule has 0 fully saturated rings. The number of rotatable bonds is 8. The first-order valence-corrected chi connectivity index (χ1v) is 6.70. The number of carbonyl (C=O) groups excluding carboxylic acids is 1. The van der Waals surface area contributed by atoms with E-state index >= 15 is 0 Å². The van der Waals surface area contributed by atoms with Crippen molar-refractivity contribution >= 4 is 5.91 Å². The predicted octanol–water partition coefficient (Wildman–Crippen LogP) is 1.96. The van der Waals surface area contributed by atoms with Gasteiger partial charge in [-0.15, -0.1) is 0 Å². The van der Waals surface area contributed by atoms with Gasteiger partial charge in [0.2, 0.25) is 5.91 Å². The minimum absolute atomic E-state index is 0.0147. The van der Waals surface area contributed by atoms with Crippen molar-refractivity contribution in [3.05, 3.63) is 35.4 Å². The van der Waals surface area contributed by atoms with Gasteiger partial charge in [0.25, 0.3) is 0 Å². The van der Waals surface area contributed by atoms with E-state index in [0.29, 0.717) is 19.1 Å². The van der Waals surface area contributed by atoms with Crippen LogP contribution in [0, 0.1) is 0 Å². The van der Waals surface area contributed by atoms with Crippen LogP contribution in [0.15, 0.2) is 24.3 Å². The molecular weight excluding hydrogens is 240 g/mol. The summed E-state index contributed by atoms with van der Waals surface area (Å²) in [5.41, 5.74) is 7.58. The lowest BCUT2D eigenvalue weighted by molar-refractivity contribution is -0.122. The number of carbonyl (C=O) groups is 1. The lowest BCUT2D eigenvalue weighted by Gasteiger charge is -2.15. The van der Waals surface area contributed by atoms with Gasteiger partial charge in [-0.2, -0.15) is 0 Å². The number of hydrogen-bond donors (Lipinski definition) is 2. The first-order valence-electron chi connectivity index (χ1n) is 6.70. The highest BCUT2D eigenvalue weighted by Crippen LogP contribution is 2.18. The maximum atomic E-state index is 10.5. The molecule has 19 heavy (non-hydrogen) atoms. The summed E-state index contributed by atoms with van der Waals surface area (Å²) in [6, 6.07) is 8.90. The summed E-state index contributed by atoms with van der Waals surface area (Å²) >= 11 is 0. The van der Waals surface area contributed by atoms with E-state index < -0.39 is 5.91 Å². The van der Waals surface area contributed by atoms with Gasteiger partial charge in [0.1, 0.15) is 6.61 Å². The molecule has 0 heterocycles. The fourth-order valence-corrected chi connectivity index (χ4v) is 1.81. The standard InChI is InChI=1S/C15H24N2O2/c1-11(2)13-4-6-14(7-5-13)12(3)17-8-9-19-10-15(16)18/h4-7,11-12,17H,8-10H2,1-3H3,(H2,16,18). The Morgan fingerprint density at radius 2 is 1.79 bits per heavy atom. The van der Waals surface area contributed by atoms with E-state index in [2.05, 4.69) is 50.4 Å². The highest BCUT2D eigenvalue weighted by Gasteiger charge is 2.05. The monoisotopic (exact) mass is 264 g/mol. The van der Waals surface area contributed by atoms with Crippen LogP contribution in [0.4, 0.5) is 0 Å². The molecule has 4 heteroatoms. The van der Waals surface area contributed by atoms with Crippen molar-refractivity contribution < 1.29 is 9.53 Å². The molecule has 0 saturated carbocycles. The number of nitrogens with two attached hydrogens (primary N) is 1. The van der Waals surface area contributed by atoms with Crippen LogP contribution in [-0.4, -0.2) is 25.7 Å². The van der Waals surface area contributed by atoms with Gasteiger partial charge in [-0.25, -0.2) is 0 Å². The zero-order valence-corrected chi connectivity index (χ0v) is 12.0. The van der Waals surface area contributed by atoms with E-state index in [1.165, 1.54) is 11.1 Å². The summed E-state index contributed by atoms with van der Waals surface area (Å²) in [5.74, 6) is 0.122. The third-order valence-corrected chi connectivity index (χ3v) is 3.04. The van der Waals surface area contributed by atoms with E-state index in [1.807, 2.05) is 0 Å². The molecule has 0 bridgehead atoms. The number of nitrogens with one attached hydrogen (secondary N) is 1. The van der Waals surface area contributed by atoms with Crippen molar-refractivity contribution in [1.82, 2.24) is 5.32 Å². The predicted molar refractivity (Wildman–Crippen MR) is 77.0 cm³/mol. The Labute approximate surface area is 115 Å². The Kier molecular flexibility index (Phi) is 6.53. The van der Waals surface area contributed by atoms with Gasteiger partial charge in [-0.1, -0.05) is 38.1 Å². The summed E-state index contributed by atoms with van der Waals surface area (Å²) in [4.78, 5) is 10.5. The van der Waals surface area contributed by atoms with Gasteiger partial charge >= 0.3 is 0 Å². The molecule has 1 aromatic carbocycles. The van der Waals surface area contributed by atoms with Crippen molar-refractivity contribution in [3.63, 3.8) is 0 Å². The molecule has 3 N–H and O–H groups in total. The lowest BCUT2D eigenvalue weighted by Crippen LogP contribution is -2.26. The Balaban J connectivity index is 2.32. The largest absolute Gasteiger partial charge is 0.370 e. The Hall–Kier alpha value is -1.39. The van der Waals surface area contributed by atoms with Crippen molar-refractivity contribution in [3.8, 4) is 0 Å². The normalized spacial score (nSPS) is 12.6. The fourth-order valence-electron chi connectivity index (χ4n) is 1.81. The van der Waals surface area contributed by atoms with Crippen LogP contribution in [0.5, 0.6) is 0 Å². The van der Waals surface area contributed by atoms with E-state index in [0.717, 1.165) is 0 Å². The smallest absolute Gasteiger partial charge is 0.243 e. The van der Waals surface area contributed by atoms with Crippen molar-refractivity contribution in [1.29, 1.82) is 0 Å². The molecule has 1 atom stereocenters. The second kappa shape index (κ2) is 7.92. The van der Waals surface area contributed by atoms with Gasteiger partial charge in [-0.3, -0.25) is 4.79 Å². The fraction of sp³-hybridized carbons (Fsp3) is 0.533. The second-order valence-electron chi connectivity index (χ2n) is 5.02.